The van der Waals surface area contributed by atoms with Crippen LogP contribution in [0.25, 0.3) is 0 Å². The summed E-state index contributed by atoms with van der Waals surface area (Å²) in [6, 6.07) is 15.1. The second-order valence-electron chi connectivity index (χ2n) is 5.29. The van der Waals surface area contributed by atoms with Crippen LogP contribution < -0.4 is 10.6 Å². The summed E-state index contributed by atoms with van der Waals surface area (Å²) in [5.74, 6) is 0. The molecule has 2 heteroatoms. The molecule has 0 aliphatic heterocycles. The van der Waals surface area contributed by atoms with E-state index in [-0.39, 0.29) is 6.04 Å². The molecule has 0 saturated carbocycles. The van der Waals surface area contributed by atoms with Crippen molar-refractivity contribution in [1.82, 2.24) is 0 Å². The normalized spacial score (nSPS) is 12.3. The average molecular weight is 254 g/mol. The van der Waals surface area contributed by atoms with Crippen LogP contribution in [-0.2, 0) is 0 Å². The van der Waals surface area contributed by atoms with E-state index in [0.717, 1.165) is 5.56 Å². The van der Waals surface area contributed by atoms with Crippen molar-refractivity contribution in [2.75, 3.05) is 11.9 Å². The second-order valence-corrected chi connectivity index (χ2v) is 5.29. The van der Waals surface area contributed by atoms with Crippen LogP contribution in [0.3, 0.4) is 0 Å². The molecular weight excluding hydrogens is 232 g/mol. The zero-order valence-electron chi connectivity index (χ0n) is 12.1. The first-order chi connectivity index (χ1) is 8.97. The molecule has 2 aromatic carbocycles. The van der Waals surface area contributed by atoms with Gasteiger partial charge in [0.1, 0.15) is 0 Å². The van der Waals surface area contributed by atoms with Crippen LogP contribution in [0.2, 0.25) is 0 Å². The van der Waals surface area contributed by atoms with E-state index in [4.69, 9.17) is 5.73 Å². The number of hydrogen-bond donors (Lipinski definition) is 1. The number of hydrogen-bond acceptors (Lipinski definition) is 2. The Hall–Kier alpha value is -1.80. The highest BCUT2D eigenvalue weighted by Gasteiger charge is 2.06. The van der Waals surface area contributed by atoms with E-state index in [1.54, 1.807) is 0 Å². The van der Waals surface area contributed by atoms with Gasteiger partial charge in [-0.3, -0.25) is 0 Å². The van der Waals surface area contributed by atoms with E-state index >= 15 is 0 Å². The molecule has 0 fully saturated rings. The number of benzene rings is 2. The lowest BCUT2D eigenvalue weighted by Gasteiger charge is -2.21. The quantitative estimate of drug-likeness (QED) is 0.893. The molecule has 0 spiro atoms. The fraction of sp³-hybridized carbons (Fsp3) is 0.294. The molecule has 2 aromatic rings. The van der Waals surface area contributed by atoms with Crippen molar-refractivity contribution >= 4 is 11.4 Å². The van der Waals surface area contributed by atoms with E-state index in [9.17, 15) is 0 Å². The SMILES string of the molecule is Cc1cc(C)cc(N(C)c2ccc([C@@H](C)N)cc2)c1. The Bertz CT molecular complexity index is 536. The Morgan fingerprint density at radius 1 is 0.895 bits per heavy atom. The summed E-state index contributed by atoms with van der Waals surface area (Å²) >= 11 is 0. The van der Waals surface area contributed by atoms with Gasteiger partial charge in [-0.25, -0.2) is 0 Å². The van der Waals surface area contributed by atoms with Crippen molar-refractivity contribution < 1.29 is 0 Å². The number of rotatable bonds is 3. The molecule has 100 valence electrons. The van der Waals surface area contributed by atoms with Gasteiger partial charge in [0, 0.05) is 24.5 Å². The highest BCUT2D eigenvalue weighted by Crippen LogP contribution is 2.26. The molecule has 1 atom stereocenters. The number of anilines is 2. The first-order valence-electron chi connectivity index (χ1n) is 6.65. The first kappa shape index (κ1) is 13.6. The molecule has 0 bridgehead atoms. The largest absolute Gasteiger partial charge is 0.345 e. The van der Waals surface area contributed by atoms with E-state index in [0.29, 0.717) is 0 Å². The molecule has 0 radical (unpaired) electrons. The van der Waals surface area contributed by atoms with Gasteiger partial charge in [-0.05, 0) is 61.7 Å². The van der Waals surface area contributed by atoms with Crippen LogP contribution in [0.1, 0.15) is 29.7 Å². The lowest BCUT2D eigenvalue weighted by atomic mass is 10.1. The van der Waals surface area contributed by atoms with Crippen LogP contribution in [0.5, 0.6) is 0 Å². The van der Waals surface area contributed by atoms with Crippen molar-refractivity contribution in [3.8, 4) is 0 Å². The number of aryl methyl sites for hydroxylation is 2. The number of nitrogens with zero attached hydrogens (tertiary/aromatic N) is 1. The molecule has 0 aromatic heterocycles. The predicted octanol–water partition coefficient (Wildman–Crippen LogP) is 4.09. The minimum atomic E-state index is 0.0839. The lowest BCUT2D eigenvalue weighted by molar-refractivity contribution is 0.818. The summed E-state index contributed by atoms with van der Waals surface area (Å²) in [5.41, 5.74) is 12.0. The van der Waals surface area contributed by atoms with Crippen molar-refractivity contribution in [1.29, 1.82) is 0 Å². The third-order valence-corrected chi connectivity index (χ3v) is 3.40. The minimum absolute atomic E-state index is 0.0839. The third-order valence-electron chi connectivity index (χ3n) is 3.40. The fourth-order valence-corrected chi connectivity index (χ4v) is 2.29. The van der Waals surface area contributed by atoms with Gasteiger partial charge >= 0.3 is 0 Å². The highest BCUT2D eigenvalue weighted by atomic mass is 15.1. The van der Waals surface area contributed by atoms with E-state index in [1.807, 2.05) is 6.92 Å². The molecular formula is C17H22N2. The topological polar surface area (TPSA) is 29.3 Å². The molecule has 0 saturated heterocycles. The molecule has 0 aliphatic rings. The van der Waals surface area contributed by atoms with Gasteiger partial charge in [-0.15, -0.1) is 0 Å². The van der Waals surface area contributed by atoms with Crippen molar-refractivity contribution in [3.05, 3.63) is 59.2 Å². The summed E-state index contributed by atoms with van der Waals surface area (Å²) in [6.45, 7) is 6.26. The Morgan fingerprint density at radius 3 is 1.89 bits per heavy atom. The monoisotopic (exact) mass is 254 g/mol. The molecule has 0 heterocycles. The maximum absolute atomic E-state index is 5.88. The maximum atomic E-state index is 5.88. The Balaban J connectivity index is 2.30. The average Bonchev–Trinajstić information content (AvgIpc) is 2.37. The van der Waals surface area contributed by atoms with Crippen molar-refractivity contribution in [2.45, 2.75) is 26.8 Å². The summed E-state index contributed by atoms with van der Waals surface area (Å²) < 4.78 is 0. The van der Waals surface area contributed by atoms with Gasteiger partial charge in [0.05, 0.1) is 0 Å². The zero-order valence-corrected chi connectivity index (χ0v) is 12.1. The maximum Gasteiger partial charge on any atom is 0.0413 e. The summed E-state index contributed by atoms with van der Waals surface area (Å²) in [6.07, 6.45) is 0. The van der Waals surface area contributed by atoms with Crippen molar-refractivity contribution in [2.24, 2.45) is 5.73 Å². The Labute approximate surface area is 115 Å². The molecule has 19 heavy (non-hydrogen) atoms. The fourth-order valence-electron chi connectivity index (χ4n) is 2.29. The summed E-state index contributed by atoms with van der Waals surface area (Å²) in [7, 11) is 2.09. The van der Waals surface area contributed by atoms with Crippen LogP contribution in [-0.4, -0.2) is 7.05 Å². The minimum Gasteiger partial charge on any atom is -0.345 e. The van der Waals surface area contributed by atoms with Crippen molar-refractivity contribution in [3.63, 3.8) is 0 Å². The molecule has 0 unspecified atom stereocenters. The van der Waals surface area contributed by atoms with Gasteiger partial charge in [0.2, 0.25) is 0 Å². The van der Waals surface area contributed by atoms with Crippen LogP contribution >= 0.6 is 0 Å². The van der Waals surface area contributed by atoms with E-state index < -0.39 is 0 Å². The first-order valence-corrected chi connectivity index (χ1v) is 6.65. The van der Waals surface area contributed by atoms with E-state index in [1.165, 1.54) is 22.5 Å². The van der Waals surface area contributed by atoms with Gasteiger partial charge in [-0.2, -0.15) is 0 Å². The smallest absolute Gasteiger partial charge is 0.0413 e. The molecule has 0 amide bonds. The second kappa shape index (κ2) is 5.45. The molecule has 2 N–H and O–H groups in total. The predicted molar refractivity (Wildman–Crippen MR) is 83.0 cm³/mol. The van der Waals surface area contributed by atoms with Gasteiger partial charge < -0.3 is 10.6 Å². The zero-order chi connectivity index (χ0) is 14.0. The molecule has 2 nitrogen and oxygen atoms in total. The van der Waals surface area contributed by atoms with Gasteiger partial charge in [-0.1, -0.05) is 18.2 Å². The van der Waals surface area contributed by atoms with Gasteiger partial charge in [0.25, 0.3) is 0 Å². The highest BCUT2D eigenvalue weighted by molar-refractivity contribution is 5.64. The van der Waals surface area contributed by atoms with E-state index in [2.05, 4.69) is 68.3 Å². The number of nitrogens with two attached hydrogens (primary N) is 1. The Kier molecular flexibility index (Phi) is 3.91. The lowest BCUT2D eigenvalue weighted by Crippen LogP contribution is -2.10. The Morgan fingerprint density at radius 2 is 1.42 bits per heavy atom. The van der Waals surface area contributed by atoms with Crippen LogP contribution in [0.4, 0.5) is 11.4 Å². The van der Waals surface area contributed by atoms with Gasteiger partial charge in [0.15, 0.2) is 0 Å². The summed E-state index contributed by atoms with van der Waals surface area (Å²) in [4.78, 5) is 2.20. The molecule has 2 rings (SSSR count). The third kappa shape index (κ3) is 3.15. The van der Waals surface area contributed by atoms with Crippen LogP contribution in [0.15, 0.2) is 42.5 Å². The molecule has 0 aliphatic carbocycles. The standard InChI is InChI=1S/C17H22N2/c1-12-9-13(2)11-17(10-12)19(4)16-7-5-15(6-8-16)14(3)18/h5-11,14H,18H2,1-4H3/t14-/m1/s1. The summed E-state index contributed by atoms with van der Waals surface area (Å²) in [5, 5.41) is 0. The van der Waals surface area contributed by atoms with Crippen LogP contribution in [0, 0.1) is 13.8 Å².